The third kappa shape index (κ3) is 4.22. The number of halogens is 3. The molecule has 130 valence electrons. The first-order valence-electron chi connectivity index (χ1n) is 7.18. The summed E-state index contributed by atoms with van der Waals surface area (Å²) in [6, 6.07) is 7.83. The maximum Gasteiger partial charge on any atom is 0.408 e. The molecule has 0 aliphatic carbocycles. The summed E-state index contributed by atoms with van der Waals surface area (Å²) < 4.78 is 39.2. The van der Waals surface area contributed by atoms with Gasteiger partial charge in [-0.25, -0.2) is 4.98 Å². The third-order valence-electron chi connectivity index (χ3n) is 3.23. The van der Waals surface area contributed by atoms with Crippen LogP contribution in [0.1, 0.15) is 10.4 Å². The number of benzene rings is 1. The Hall–Kier alpha value is -3.17. The fourth-order valence-corrected chi connectivity index (χ4v) is 2.13. The second-order valence-corrected chi connectivity index (χ2v) is 5.29. The third-order valence-corrected chi connectivity index (χ3v) is 3.23. The van der Waals surface area contributed by atoms with Crippen molar-refractivity contribution in [3.05, 3.63) is 48.4 Å². The van der Waals surface area contributed by atoms with E-state index in [1.807, 2.05) is 0 Å². The Labute approximate surface area is 140 Å². The van der Waals surface area contributed by atoms with Crippen molar-refractivity contribution in [1.82, 2.24) is 24.5 Å². The Morgan fingerprint density at radius 2 is 1.88 bits per heavy atom. The first-order chi connectivity index (χ1) is 11.8. The number of amides is 1. The van der Waals surface area contributed by atoms with Gasteiger partial charge in [-0.1, -0.05) is 12.1 Å². The minimum Gasteiger partial charge on any atom is -0.305 e. The van der Waals surface area contributed by atoms with E-state index in [0.29, 0.717) is 16.1 Å². The first kappa shape index (κ1) is 16.7. The van der Waals surface area contributed by atoms with Gasteiger partial charge in [0.25, 0.3) is 5.91 Å². The quantitative estimate of drug-likeness (QED) is 0.784. The van der Waals surface area contributed by atoms with E-state index in [1.165, 1.54) is 6.07 Å². The molecule has 2 heterocycles. The molecule has 25 heavy (non-hydrogen) atoms. The van der Waals surface area contributed by atoms with Gasteiger partial charge in [0.1, 0.15) is 12.9 Å². The largest absolute Gasteiger partial charge is 0.408 e. The van der Waals surface area contributed by atoms with Crippen LogP contribution >= 0.6 is 0 Å². The van der Waals surface area contributed by atoms with Crippen LogP contribution in [0.5, 0.6) is 0 Å². The molecule has 0 radical (unpaired) electrons. The number of hydrogen-bond donors (Lipinski definition) is 1. The molecule has 10 heteroatoms. The summed E-state index contributed by atoms with van der Waals surface area (Å²) in [5.74, 6) is 0.0999. The number of hydrogen-bond acceptors (Lipinski definition) is 4. The Morgan fingerprint density at radius 3 is 2.48 bits per heavy atom. The second kappa shape index (κ2) is 6.38. The van der Waals surface area contributed by atoms with E-state index in [4.69, 9.17) is 0 Å². The van der Waals surface area contributed by atoms with Crippen LogP contribution in [0.25, 0.3) is 11.4 Å². The molecule has 0 unspecified atom stereocenters. The van der Waals surface area contributed by atoms with E-state index in [0.717, 1.165) is 11.8 Å². The Kier molecular flexibility index (Phi) is 4.26. The number of carbonyl (C=O) groups excluding carboxylic acids is 1. The highest BCUT2D eigenvalue weighted by Gasteiger charge is 2.28. The van der Waals surface area contributed by atoms with Crippen molar-refractivity contribution in [2.24, 2.45) is 7.05 Å². The lowest BCUT2D eigenvalue weighted by Gasteiger charge is -2.06. The molecule has 2 aromatic heterocycles. The summed E-state index contributed by atoms with van der Waals surface area (Å²) in [4.78, 5) is 16.2. The average molecular weight is 350 g/mol. The zero-order valence-electron chi connectivity index (χ0n) is 13.0. The number of aromatic nitrogens is 5. The Morgan fingerprint density at radius 1 is 1.16 bits per heavy atom. The summed E-state index contributed by atoms with van der Waals surface area (Å²) in [5, 5.41) is 10.3. The highest BCUT2D eigenvalue weighted by molar-refractivity contribution is 6.03. The van der Waals surface area contributed by atoms with Crippen LogP contribution < -0.4 is 5.32 Å². The molecule has 0 atom stereocenters. The van der Waals surface area contributed by atoms with Crippen molar-refractivity contribution in [3.8, 4) is 11.4 Å². The van der Waals surface area contributed by atoms with Gasteiger partial charge >= 0.3 is 6.18 Å². The number of carbonyl (C=O) groups is 1. The van der Waals surface area contributed by atoms with Gasteiger partial charge in [0.2, 0.25) is 0 Å². The van der Waals surface area contributed by atoms with Crippen LogP contribution in [0.2, 0.25) is 0 Å². The molecule has 0 bridgehead atoms. The predicted octanol–water partition coefficient (Wildman–Crippen LogP) is 2.49. The van der Waals surface area contributed by atoms with Gasteiger partial charge in [-0.3, -0.25) is 14.2 Å². The smallest absolute Gasteiger partial charge is 0.305 e. The van der Waals surface area contributed by atoms with Crippen molar-refractivity contribution in [2.45, 2.75) is 12.7 Å². The highest BCUT2D eigenvalue weighted by atomic mass is 19.4. The van der Waals surface area contributed by atoms with Crippen LogP contribution in [0.4, 0.5) is 19.0 Å². The normalized spacial score (nSPS) is 11.5. The molecule has 1 amide bonds. The minimum absolute atomic E-state index is 0.0460. The van der Waals surface area contributed by atoms with E-state index < -0.39 is 18.6 Å². The molecule has 0 aliphatic rings. The summed E-state index contributed by atoms with van der Waals surface area (Å²) >= 11 is 0. The van der Waals surface area contributed by atoms with Gasteiger partial charge in [0.15, 0.2) is 11.6 Å². The van der Waals surface area contributed by atoms with E-state index in [1.54, 1.807) is 42.3 Å². The van der Waals surface area contributed by atoms with E-state index in [-0.39, 0.29) is 5.82 Å². The molecule has 0 saturated heterocycles. The lowest BCUT2D eigenvalue weighted by molar-refractivity contribution is -0.142. The summed E-state index contributed by atoms with van der Waals surface area (Å²) in [5.41, 5.74) is 1.08. The van der Waals surface area contributed by atoms with Crippen molar-refractivity contribution >= 4 is 11.7 Å². The minimum atomic E-state index is -4.37. The van der Waals surface area contributed by atoms with Crippen molar-refractivity contribution < 1.29 is 18.0 Å². The van der Waals surface area contributed by atoms with E-state index in [2.05, 4.69) is 20.5 Å². The molecule has 1 N–H and O–H groups in total. The first-order valence-corrected chi connectivity index (χ1v) is 7.18. The molecule has 3 rings (SSSR count). The molecule has 7 nitrogen and oxygen atoms in total. The van der Waals surface area contributed by atoms with Gasteiger partial charge in [0.05, 0.1) is 0 Å². The van der Waals surface area contributed by atoms with Gasteiger partial charge in [0, 0.05) is 30.4 Å². The SMILES string of the molecule is Cn1cnc(-c2ccc(C(=O)Nc3ccn(CC(F)(F)F)n3)cc2)n1. The Bertz CT molecular complexity index is 881. The maximum absolute atomic E-state index is 12.3. The number of anilines is 1. The van der Waals surface area contributed by atoms with Crippen molar-refractivity contribution in [3.63, 3.8) is 0 Å². The summed E-state index contributed by atoms with van der Waals surface area (Å²) in [6.07, 6.45) is -1.66. The number of rotatable bonds is 4. The number of alkyl halides is 3. The summed E-state index contributed by atoms with van der Waals surface area (Å²) in [7, 11) is 1.75. The number of nitrogens with zero attached hydrogens (tertiary/aromatic N) is 5. The molecule has 1 aromatic carbocycles. The van der Waals surface area contributed by atoms with E-state index >= 15 is 0 Å². The van der Waals surface area contributed by atoms with Crippen molar-refractivity contribution in [1.29, 1.82) is 0 Å². The second-order valence-electron chi connectivity index (χ2n) is 5.29. The van der Waals surface area contributed by atoms with Crippen LogP contribution in [-0.4, -0.2) is 36.6 Å². The zero-order chi connectivity index (χ0) is 18.0. The molecule has 0 spiro atoms. The number of nitrogens with one attached hydrogen (secondary N) is 1. The van der Waals surface area contributed by atoms with Crippen LogP contribution in [0.3, 0.4) is 0 Å². The van der Waals surface area contributed by atoms with Gasteiger partial charge in [-0.2, -0.15) is 23.4 Å². The van der Waals surface area contributed by atoms with Crippen molar-refractivity contribution in [2.75, 3.05) is 5.32 Å². The van der Waals surface area contributed by atoms with Gasteiger partial charge in [-0.15, -0.1) is 0 Å². The fraction of sp³-hybridized carbons (Fsp3) is 0.200. The maximum atomic E-state index is 12.3. The molecule has 0 saturated carbocycles. The molecule has 0 fully saturated rings. The zero-order valence-corrected chi connectivity index (χ0v) is 13.0. The molecule has 0 aliphatic heterocycles. The fourth-order valence-electron chi connectivity index (χ4n) is 2.13. The molecular formula is C15H13F3N6O. The average Bonchev–Trinajstić information content (AvgIpc) is 3.15. The van der Waals surface area contributed by atoms with Gasteiger partial charge < -0.3 is 5.32 Å². The predicted molar refractivity (Wildman–Crippen MR) is 82.7 cm³/mol. The van der Waals surface area contributed by atoms with Crippen LogP contribution in [0.15, 0.2) is 42.9 Å². The molecule has 3 aromatic rings. The van der Waals surface area contributed by atoms with Crippen LogP contribution in [0, 0.1) is 0 Å². The lowest BCUT2D eigenvalue weighted by Crippen LogP contribution is -2.18. The molecular weight excluding hydrogens is 337 g/mol. The van der Waals surface area contributed by atoms with E-state index in [9.17, 15) is 18.0 Å². The van der Waals surface area contributed by atoms with Crippen LogP contribution in [-0.2, 0) is 13.6 Å². The Balaban J connectivity index is 1.67. The number of aryl methyl sites for hydroxylation is 1. The van der Waals surface area contributed by atoms with Gasteiger partial charge in [-0.05, 0) is 12.1 Å². The highest BCUT2D eigenvalue weighted by Crippen LogP contribution is 2.18. The summed E-state index contributed by atoms with van der Waals surface area (Å²) in [6.45, 7) is -1.21. The monoisotopic (exact) mass is 350 g/mol. The standard InChI is InChI=1S/C15H13F3N6O/c1-23-9-19-13(22-23)10-2-4-11(5-3-10)14(25)20-12-6-7-24(21-12)8-15(16,17)18/h2-7,9H,8H2,1H3,(H,20,21,25). The lowest BCUT2D eigenvalue weighted by atomic mass is 10.1. The topological polar surface area (TPSA) is 77.6 Å².